The molecule has 3 aromatic rings. The maximum atomic E-state index is 12.3. The molecule has 1 N–H and O–H groups in total. The van der Waals surface area contributed by atoms with Gasteiger partial charge in [-0.15, -0.1) is 0 Å². The summed E-state index contributed by atoms with van der Waals surface area (Å²) in [6, 6.07) is 15.1. The lowest BCUT2D eigenvalue weighted by Gasteiger charge is -2.09. The summed E-state index contributed by atoms with van der Waals surface area (Å²) in [7, 11) is 1.61. The Morgan fingerprint density at radius 1 is 1.16 bits per heavy atom. The second-order valence-electron chi connectivity index (χ2n) is 5.89. The van der Waals surface area contributed by atoms with Crippen molar-refractivity contribution in [3.05, 3.63) is 65.4 Å². The van der Waals surface area contributed by atoms with Crippen molar-refractivity contribution in [2.24, 2.45) is 0 Å². The average Bonchev–Trinajstić information content (AvgIpc) is 3.07. The fourth-order valence-electron chi connectivity index (χ4n) is 2.55. The largest absolute Gasteiger partial charge is 0.497 e. The summed E-state index contributed by atoms with van der Waals surface area (Å²) >= 11 is 0. The second-order valence-corrected chi connectivity index (χ2v) is 5.89. The fourth-order valence-corrected chi connectivity index (χ4v) is 2.55. The summed E-state index contributed by atoms with van der Waals surface area (Å²) in [5.74, 6) is 1.22. The second kappa shape index (κ2) is 7.21. The molecule has 2 aromatic carbocycles. The van der Waals surface area contributed by atoms with Crippen molar-refractivity contribution < 1.29 is 14.1 Å². The van der Waals surface area contributed by atoms with Crippen LogP contribution >= 0.6 is 0 Å². The minimum absolute atomic E-state index is 0.126. The van der Waals surface area contributed by atoms with Gasteiger partial charge in [-0.25, -0.2) is 0 Å². The summed E-state index contributed by atoms with van der Waals surface area (Å²) in [5, 5.41) is 6.92. The molecule has 0 spiro atoms. The average molecular weight is 336 g/mol. The van der Waals surface area contributed by atoms with Crippen LogP contribution < -0.4 is 10.1 Å². The molecular formula is C20H20N2O3. The number of nitrogens with one attached hydrogen (secondary N) is 1. The summed E-state index contributed by atoms with van der Waals surface area (Å²) < 4.78 is 10.6. The monoisotopic (exact) mass is 336 g/mol. The van der Waals surface area contributed by atoms with E-state index in [1.54, 1.807) is 13.2 Å². The van der Waals surface area contributed by atoms with E-state index < -0.39 is 0 Å². The van der Waals surface area contributed by atoms with Crippen molar-refractivity contribution in [1.82, 2.24) is 5.16 Å². The van der Waals surface area contributed by atoms with E-state index in [9.17, 15) is 4.79 Å². The first-order chi connectivity index (χ1) is 12.1. The molecule has 0 saturated heterocycles. The molecule has 3 rings (SSSR count). The lowest BCUT2D eigenvalue weighted by Crippen LogP contribution is -2.15. The first-order valence-electron chi connectivity index (χ1n) is 8.03. The fraction of sp³-hybridized carbons (Fsp3) is 0.200. The number of benzene rings is 2. The predicted octanol–water partition coefficient (Wildman–Crippen LogP) is 4.15. The zero-order valence-corrected chi connectivity index (χ0v) is 14.5. The number of amides is 1. The minimum atomic E-state index is -0.126. The summed E-state index contributed by atoms with van der Waals surface area (Å²) in [5.41, 5.74) is 4.46. The number of rotatable bonds is 5. The molecule has 0 radical (unpaired) electrons. The summed E-state index contributed by atoms with van der Waals surface area (Å²) in [6.45, 7) is 4.00. The summed E-state index contributed by atoms with van der Waals surface area (Å²) in [6.07, 6.45) is 0.154. The molecular weight excluding hydrogens is 316 g/mol. The molecule has 0 aliphatic rings. The molecule has 128 valence electrons. The van der Waals surface area contributed by atoms with Crippen LogP contribution in [0.2, 0.25) is 0 Å². The molecule has 1 amide bonds. The molecule has 0 bridgehead atoms. The van der Waals surface area contributed by atoms with Crippen LogP contribution in [-0.4, -0.2) is 18.2 Å². The number of nitrogens with zero attached hydrogens (tertiary/aromatic N) is 1. The number of methoxy groups -OCH3 is 1. The van der Waals surface area contributed by atoms with Gasteiger partial charge in [0.05, 0.1) is 19.2 Å². The standard InChI is InChI=1S/C20H20N2O3/c1-13-6-4-9-18(14(13)2)21-20(23)12-16-11-19(25-22-16)15-7-5-8-17(10-15)24-3/h4-11H,12H2,1-3H3,(H,21,23). The van der Waals surface area contributed by atoms with Crippen LogP contribution in [0.5, 0.6) is 5.75 Å². The van der Waals surface area contributed by atoms with Gasteiger partial charge in [0.25, 0.3) is 0 Å². The molecule has 25 heavy (non-hydrogen) atoms. The third-order valence-corrected chi connectivity index (χ3v) is 4.13. The highest BCUT2D eigenvalue weighted by Gasteiger charge is 2.12. The number of hydrogen-bond donors (Lipinski definition) is 1. The van der Waals surface area contributed by atoms with Gasteiger partial charge in [0.2, 0.25) is 5.91 Å². The smallest absolute Gasteiger partial charge is 0.230 e. The Labute approximate surface area is 146 Å². The van der Waals surface area contributed by atoms with Gasteiger partial charge < -0.3 is 14.6 Å². The predicted molar refractivity (Wildman–Crippen MR) is 96.7 cm³/mol. The van der Waals surface area contributed by atoms with E-state index in [2.05, 4.69) is 10.5 Å². The molecule has 5 heteroatoms. The van der Waals surface area contributed by atoms with Crippen molar-refractivity contribution in [3.63, 3.8) is 0 Å². The van der Waals surface area contributed by atoms with Crippen molar-refractivity contribution in [2.45, 2.75) is 20.3 Å². The Bertz CT molecular complexity index is 899. The van der Waals surface area contributed by atoms with E-state index in [0.717, 1.165) is 28.1 Å². The maximum Gasteiger partial charge on any atom is 0.230 e. The summed E-state index contributed by atoms with van der Waals surface area (Å²) in [4.78, 5) is 12.3. The lowest BCUT2D eigenvalue weighted by molar-refractivity contribution is -0.115. The third kappa shape index (κ3) is 3.88. The van der Waals surface area contributed by atoms with Crippen molar-refractivity contribution in [3.8, 4) is 17.1 Å². The van der Waals surface area contributed by atoms with Gasteiger partial charge in [-0.3, -0.25) is 4.79 Å². The molecule has 5 nitrogen and oxygen atoms in total. The van der Waals surface area contributed by atoms with Crippen LogP contribution in [0.3, 0.4) is 0 Å². The van der Waals surface area contributed by atoms with Gasteiger partial charge in [0.1, 0.15) is 5.75 Å². The molecule has 0 aliphatic heterocycles. The SMILES string of the molecule is COc1cccc(-c2cc(CC(=O)Nc3cccc(C)c3C)no2)c1. The van der Waals surface area contributed by atoms with E-state index in [1.807, 2.05) is 56.3 Å². The number of carbonyl (C=O) groups excluding carboxylic acids is 1. The molecule has 1 aromatic heterocycles. The van der Waals surface area contributed by atoms with Crippen LogP contribution in [0.4, 0.5) is 5.69 Å². The first-order valence-corrected chi connectivity index (χ1v) is 8.03. The van der Waals surface area contributed by atoms with Crippen LogP contribution in [0.1, 0.15) is 16.8 Å². The van der Waals surface area contributed by atoms with E-state index in [0.29, 0.717) is 11.5 Å². The van der Waals surface area contributed by atoms with Crippen LogP contribution in [0, 0.1) is 13.8 Å². The molecule has 0 fully saturated rings. The highest BCUT2D eigenvalue weighted by Crippen LogP contribution is 2.25. The van der Waals surface area contributed by atoms with E-state index in [-0.39, 0.29) is 12.3 Å². The third-order valence-electron chi connectivity index (χ3n) is 4.13. The Morgan fingerprint density at radius 3 is 2.76 bits per heavy atom. The molecule has 0 unspecified atom stereocenters. The number of hydrogen-bond acceptors (Lipinski definition) is 4. The topological polar surface area (TPSA) is 64.4 Å². The molecule has 0 atom stereocenters. The normalized spacial score (nSPS) is 10.5. The molecule has 1 heterocycles. The number of anilines is 1. The van der Waals surface area contributed by atoms with Crippen LogP contribution in [0.15, 0.2) is 53.1 Å². The van der Waals surface area contributed by atoms with Gasteiger partial charge in [0, 0.05) is 17.3 Å². The minimum Gasteiger partial charge on any atom is -0.497 e. The van der Waals surface area contributed by atoms with Crippen LogP contribution in [-0.2, 0) is 11.2 Å². The Hall–Kier alpha value is -3.08. The van der Waals surface area contributed by atoms with Crippen LogP contribution in [0.25, 0.3) is 11.3 Å². The van der Waals surface area contributed by atoms with E-state index in [4.69, 9.17) is 9.26 Å². The highest BCUT2D eigenvalue weighted by molar-refractivity contribution is 5.93. The quantitative estimate of drug-likeness (QED) is 0.760. The lowest BCUT2D eigenvalue weighted by atomic mass is 10.1. The zero-order valence-electron chi connectivity index (χ0n) is 14.5. The van der Waals surface area contributed by atoms with Gasteiger partial charge in [-0.2, -0.15) is 0 Å². The zero-order chi connectivity index (χ0) is 17.8. The number of aromatic nitrogens is 1. The Kier molecular flexibility index (Phi) is 4.84. The van der Waals surface area contributed by atoms with Crippen molar-refractivity contribution in [2.75, 3.05) is 12.4 Å². The number of aryl methyl sites for hydroxylation is 1. The van der Waals surface area contributed by atoms with Gasteiger partial charge in [0.15, 0.2) is 5.76 Å². The first kappa shape index (κ1) is 16.8. The highest BCUT2D eigenvalue weighted by atomic mass is 16.5. The van der Waals surface area contributed by atoms with Gasteiger partial charge in [-0.05, 0) is 43.2 Å². The van der Waals surface area contributed by atoms with E-state index >= 15 is 0 Å². The van der Waals surface area contributed by atoms with Crippen molar-refractivity contribution >= 4 is 11.6 Å². The molecule has 0 aliphatic carbocycles. The van der Waals surface area contributed by atoms with Gasteiger partial charge >= 0.3 is 0 Å². The van der Waals surface area contributed by atoms with Gasteiger partial charge in [-0.1, -0.05) is 29.4 Å². The Morgan fingerprint density at radius 2 is 1.96 bits per heavy atom. The Balaban J connectivity index is 1.70. The van der Waals surface area contributed by atoms with E-state index in [1.165, 1.54) is 0 Å². The number of carbonyl (C=O) groups is 1. The maximum absolute atomic E-state index is 12.3. The van der Waals surface area contributed by atoms with Crippen molar-refractivity contribution in [1.29, 1.82) is 0 Å². The molecule has 0 saturated carbocycles. The number of ether oxygens (including phenoxy) is 1.